The molecule has 1 aliphatic heterocycles. The molecule has 0 atom stereocenters. The Morgan fingerprint density at radius 2 is 2.00 bits per heavy atom. The molecule has 7 heteroatoms. The molecule has 0 aliphatic carbocycles. The number of aromatic nitrogens is 1. The molecule has 1 aromatic carbocycles. The fraction of sp³-hybridized carbons (Fsp3) is 0.435. The number of nitrogens with zero attached hydrogens (tertiary/aromatic N) is 5. The summed E-state index contributed by atoms with van der Waals surface area (Å²) in [5.74, 6) is 1.47. The molecule has 1 aromatic heterocycles. The third-order valence-electron chi connectivity index (χ3n) is 5.44. The maximum Gasteiger partial charge on any atom is 0.232 e. The molecule has 0 bridgehead atoms. The lowest BCUT2D eigenvalue weighted by Crippen LogP contribution is -2.29. The third-order valence-corrected chi connectivity index (χ3v) is 6.48. The normalized spacial score (nSPS) is 14.6. The molecule has 1 aliphatic rings. The summed E-state index contributed by atoms with van der Waals surface area (Å²) in [6.07, 6.45) is 1.69. The van der Waals surface area contributed by atoms with Crippen molar-refractivity contribution in [2.75, 3.05) is 50.5 Å². The Morgan fingerprint density at radius 3 is 2.63 bits per heavy atom. The minimum absolute atomic E-state index is 0.543. The minimum atomic E-state index is 0.543. The van der Waals surface area contributed by atoms with Crippen LogP contribution in [0.1, 0.15) is 30.0 Å². The minimum Gasteiger partial charge on any atom is -0.388 e. The first-order valence-electron chi connectivity index (χ1n) is 10.3. The standard InChI is InChI=1S/C23H28N6S/c1-5-19-20(15-24)23(30-16-17-7-9-18(25-2)10-8-17)27-22(21(19)26-3)29-12-6-11-28(4)13-14-29/h7-10,25H,5-6,11-14,16H2,1-2,4H3. The molecule has 0 spiro atoms. The van der Waals surface area contributed by atoms with Crippen molar-refractivity contribution < 1.29 is 0 Å². The second kappa shape index (κ2) is 10.3. The second-order valence-electron chi connectivity index (χ2n) is 7.40. The quantitative estimate of drug-likeness (QED) is 0.547. The monoisotopic (exact) mass is 420 g/mol. The first-order valence-corrected chi connectivity index (χ1v) is 11.3. The van der Waals surface area contributed by atoms with Crippen molar-refractivity contribution >= 4 is 29.0 Å². The van der Waals surface area contributed by atoms with E-state index in [1.165, 1.54) is 5.56 Å². The van der Waals surface area contributed by atoms with Crippen LogP contribution in [-0.4, -0.2) is 50.2 Å². The van der Waals surface area contributed by atoms with E-state index in [2.05, 4.69) is 45.2 Å². The predicted molar refractivity (Wildman–Crippen MR) is 124 cm³/mol. The molecule has 30 heavy (non-hydrogen) atoms. The number of likely N-dealkylation sites (N-methyl/N-ethyl adjacent to an activating group) is 1. The van der Waals surface area contributed by atoms with Gasteiger partial charge >= 0.3 is 0 Å². The van der Waals surface area contributed by atoms with E-state index >= 15 is 0 Å². The van der Waals surface area contributed by atoms with Crippen LogP contribution >= 0.6 is 11.8 Å². The molecule has 0 saturated carbocycles. The number of pyridine rings is 1. The van der Waals surface area contributed by atoms with E-state index < -0.39 is 0 Å². The van der Waals surface area contributed by atoms with E-state index in [1.807, 2.05) is 26.1 Å². The summed E-state index contributed by atoms with van der Waals surface area (Å²) in [7, 11) is 4.03. The van der Waals surface area contributed by atoms with Gasteiger partial charge in [0.2, 0.25) is 5.69 Å². The number of thioether (sulfide) groups is 1. The van der Waals surface area contributed by atoms with Gasteiger partial charge in [0.25, 0.3) is 0 Å². The molecule has 1 fully saturated rings. The van der Waals surface area contributed by atoms with Gasteiger partial charge in [-0.3, -0.25) is 0 Å². The molecule has 1 saturated heterocycles. The highest BCUT2D eigenvalue weighted by Gasteiger charge is 2.24. The summed E-state index contributed by atoms with van der Waals surface area (Å²) >= 11 is 1.58. The van der Waals surface area contributed by atoms with Crippen molar-refractivity contribution in [1.29, 1.82) is 5.26 Å². The molecule has 2 heterocycles. The number of hydrogen-bond donors (Lipinski definition) is 1. The van der Waals surface area contributed by atoms with Gasteiger partial charge in [-0.25, -0.2) is 9.83 Å². The molecule has 0 radical (unpaired) electrons. The second-order valence-corrected chi connectivity index (χ2v) is 8.36. The van der Waals surface area contributed by atoms with Gasteiger partial charge < -0.3 is 15.1 Å². The lowest BCUT2D eigenvalue weighted by molar-refractivity contribution is 0.360. The van der Waals surface area contributed by atoms with Gasteiger partial charge in [-0.15, -0.1) is 11.8 Å². The summed E-state index contributed by atoms with van der Waals surface area (Å²) in [4.78, 5) is 13.2. The van der Waals surface area contributed by atoms with Gasteiger partial charge in [-0.05, 0) is 49.7 Å². The highest BCUT2D eigenvalue weighted by atomic mass is 32.2. The van der Waals surface area contributed by atoms with Crippen LogP contribution in [-0.2, 0) is 12.2 Å². The highest BCUT2D eigenvalue weighted by Crippen LogP contribution is 2.39. The van der Waals surface area contributed by atoms with E-state index in [9.17, 15) is 5.26 Å². The van der Waals surface area contributed by atoms with Crippen molar-refractivity contribution in [3.8, 4) is 6.07 Å². The Morgan fingerprint density at radius 1 is 1.23 bits per heavy atom. The van der Waals surface area contributed by atoms with E-state index in [1.54, 1.807) is 11.8 Å². The molecule has 156 valence electrons. The van der Waals surface area contributed by atoms with Crippen molar-refractivity contribution in [3.05, 3.63) is 52.4 Å². The summed E-state index contributed by atoms with van der Waals surface area (Å²) in [6.45, 7) is 13.5. The largest absolute Gasteiger partial charge is 0.388 e. The van der Waals surface area contributed by atoms with E-state index in [0.717, 1.165) is 60.4 Å². The lowest BCUT2D eigenvalue weighted by atomic mass is 10.1. The Labute approximate surface area is 183 Å². The average molecular weight is 421 g/mol. The SMILES string of the molecule is [C-]#[N+]c1c(N2CCCN(C)CC2)nc(SCc2ccc(NC)cc2)c(C#N)c1CC. The third kappa shape index (κ3) is 4.87. The zero-order chi connectivity index (χ0) is 21.5. The summed E-state index contributed by atoms with van der Waals surface area (Å²) in [6, 6.07) is 10.6. The topological polar surface area (TPSA) is 59.5 Å². The van der Waals surface area contributed by atoms with Crippen LogP contribution in [0.5, 0.6) is 0 Å². The Hall–Kier alpha value is -2.74. The van der Waals surface area contributed by atoms with Gasteiger partial charge in [-0.2, -0.15) is 5.26 Å². The number of benzene rings is 1. The fourth-order valence-corrected chi connectivity index (χ4v) is 4.63. The van der Waals surface area contributed by atoms with Gasteiger partial charge in [0.1, 0.15) is 16.9 Å². The molecular weight excluding hydrogens is 392 g/mol. The summed E-state index contributed by atoms with van der Waals surface area (Å²) in [5, 5.41) is 13.7. The average Bonchev–Trinajstić information content (AvgIpc) is 3.00. The van der Waals surface area contributed by atoms with Gasteiger partial charge in [0, 0.05) is 38.1 Å². The summed E-state index contributed by atoms with van der Waals surface area (Å²) in [5.41, 5.74) is 4.16. The molecule has 0 amide bonds. The molecular formula is C23H28N6S. The van der Waals surface area contributed by atoms with Gasteiger partial charge in [-0.1, -0.05) is 19.1 Å². The van der Waals surface area contributed by atoms with Gasteiger partial charge in [0.15, 0.2) is 0 Å². The first kappa shape index (κ1) is 22.0. The van der Waals surface area contributed by atoms with Crippen LogP contribution in [0.25, 0.3) is 4.85 Å². The number of nitriles is 1. The van der Waals surface area contributed by atoms with Gasteiger partial charge in [0.05, 0.1) is 12.1 Å². The van der Waals surface area contributed by atoms with E-state index in [0.29, 0.717) is 17.7 Å². The van der Waals surface area contributed by atoms with Crippen molar-refractivity contribution in [3.63, 3.8) is 0 Å². The van der Waals surface area contributed by atoms with E-state index in [-0.39, 0.29) is 0 Å². The maximum absolute atomic E-state index is 9.86. The molecule has 1 N–H and O–H groups in total. The number of hydrogen-bond acceptors (Lipinski definition) is 6. The van der Waals surface area contributed by atoms with E-state index in [4.69, 9.17) is 11.6 Å². The van der Waals surface area contributed by atoms with Crippen LogP contribution in [0.15, 0.2) is 29.3 Å². The number of nitrogens with one attached hydrogen (secondary N) is 1. The smallest absolute Gasteiger partial charge is 0.232 e. The van der Waals surface area contributed by atoms with Crippen LogP contribution in [0.2, 0.25) is 0 Å². The zero-order valence-electron chi connectivity index (χ0n) is 17.9. The highest BCUT2D eigenvalue weighted by molar-refractivity contribution is 7.98. The lowest BCUT2D eigenvalue weighted by Gasteiger charge is -2.25. The van der Waals surface area contributed by atoms with Crippen molar-refractivity contribution in [2.45, 2.75) is 30.5 Å². The molecule has 2 aromatic rings. The van der Waals surface area contributed by atoms with Crippen LogP contribution in [0.3, 0.4) is 0 Å². The Bertz CT molecular complexity index is 958. The van der Waals surface area contributed by atoms with Crippen LogP contribution in [0, 0.1) is 17.9 Å². The maximum atomic E-state index is 9.86. The summed E-state index contributed by atoms with van der Waals surface area (Å²) < 4.78 is 0. The predicted octanol–water partition coefficient (Wildman–Crippen LogP) is 4.54. The zero-order valence-corrected chi connectivity index (χ0v) is 18.7. The fourth-order valence-electron chi connectivity index (χ4n) is 3.67. The number of anilines is 2. The van der Waals surface area contributed by atoms with Crippen molar-refractivity contribution in [2.24, 2.45) is 0 Å². The van der Waals surface area contributed by atoms with Crippen molar-refractivity contribution in [1.82, 2.24) is 9.88 Å². The first-order chi connectivity index (χ1) is 14.6. The van der Waals surface area contributed by atoms with Crippen LogP contribution in [0.4, 0.5) is 17.2 Å². The number of rotatable bonds is 6. The van der Waals surface area contributed by atoms with Crippen LogP contribution < -0.4 is 10.2 Å². The molecule has 0 unspecified atom stereocenters. The Balaban J connectivity index is 1.96. The molecule has 3 rings (SSSR count). The Kier molecular flexibility index (Phi) is 7.57. The molecule has 6 nitrogen and oxygen atoms in total.